The third-order valence-electron chi connectivity index (χ3n) is 6.95. The molecule has 6 rings (SSSR count). The van der Waals surface area contributed by atoms with E-state index in [4.69, 9.17) is 16.3 Å². The Labute approximate surface area is 213 Å². The first-order valence-electron chi connectivity index (χ1n) is 11.9. The van der Waals surface area contributed by atoms with Gasteiger partial charge in [0.2, 0.25) is 0 Å². The van der Waals surface area contributed by atoms with Crippen molar-refractivity contribution in [1.29, 1.82) is 0 Å². The predicted octanol–water partition coefficient (Wildman–Crippen LogP) is 7.22. The normalized spacial score (nSPS) is 16.6. The van der Waals surface area contributed by atoms with Crippen molar-refractivity contribution in [3.63, 3.8) is 0 Å². The molecule has 1 aliphatic heterocycles. The lowest BCUT2D eigenvalue weighted by Crippen LogP contribution is -2.38. The molecule has 4 aromatic rings. The van der Waals surface area contributed by atoms with Crippen molar-refractivity contribution in [1.82, 2.24) is 9.47 Å². The van der Waals surface area contributed by atoms with Crippen LogP contribution in [0.2, 0.25) is 5.02 Å². The number of benzene rings is 2. The second-order valence-corrected chi connectivity index (χ2v) is 10.6. The highest BCUT2D eigenvalue weighted by atomic mass is 35.5. The molecule has 2 aliphatic rings. The van der Waals surface area contributed by atoms with E-state index < -0.39 is 0 Å². The summed E-state index contributed by atoms with van der Waals surface area (Å²) in [5.41, 5.74) is 5.50. The number of hydrogen-bond acceptors (Lipinski definition) is 3. The highest BCUT2D eigenvalue weighted by Gasteiger charge is 2.36. The number of anilines is 1. The number of rotatable bonds is 3. The number of aromatic nitrogens is 1. The number of halogens is 1. The van der Waals surface area contributed by atoms with Crippen LogP contribution in [0.3, 0.4) is 0 Å². The van der Waals surface area contributed by atoms with Gasteiger partial charge in [-0.2, -0.15) is 0 Å². The van der Waals surface area contributed by atoms with Crippen molar-refractivity contribution in [3.05, 3.63) is 99.1 Å². The quantitative estimate of drug-likeness (QED) is 0.321. The number of carbonyl (C=O) groups is 1. The number of amides is 2. The number of carbonyl (C=O) groups excluding carboxylic acids is 1. The van der Waals surface area contributed by atoms with Gasteiger partial charge in [-0.15, -0.1) is 11.3 Å². The zero-order valence-electron chi connectivity index (χ0n) is 19.5. The Morgan fingerprint density at radius 2 is 1.89 bits per heavy atom. The van der Waals surface area contributed by atoms with Crippen molar-refractivity contribution < 1.29 is 9.53 Å². The SMILES string of the molecule is COc1ccc(NC(=O)N2Cc3c(sc4c3CCCC4)-n3cccc3[C@H]2c2cccc(Cl)c2)cc1. The van der Waals surface area contributed by atoms with Crippen molar-refractivity contribution in [2.45, 2.75) is 38.3 Å². The van der Waals surface area contributed by atoms with E-state index in [1.807, 2.05) is 58.7 Å². The molecule has 0 fully saturated rings. The van der Waals surface area contributed by atoms with Crippen LogP contribution in [0.1, 0.15) is 46.1 Å². The average molecular weight is 504 g/mol. The largest absolute Gasteiger partial charge is 0.497 e. The molecule has 1 aliphatic carbocycles. The molecule has 1 atom stereocenters. The monoisotopic (exact) mass is 503 g/mol. The maximum atomic E-state index is 13.9. The van der Waals surface area contributed by atoms with Crippen LogP contribution in [0.15, 0.2) is 66.9 Å². The number of nitrogens with one attached hydrogen (secondary N) is 1. The maximum absolute atomic E-state index is 13.9. The Morgan fingerprint density at radius 3 is 2.69 bits per heavy atom. The van der Waals surface area contributed by atoms with E-state index in [1.165, 1.54) is 33.8 Å². The molecule has 0 saturated heterocycles. The molecular weight excluding hydrogens is 478 g/mol. The molecule has 0 saturated carbocycles. The summed E-state index contributed by atoms with van der Waals surface area (Å²) in [6, 6.07) is 19.0. The lowest BCUT2D eigenvalue weighted by atomic mass is 9.95. The minimum atomic E-state index is -0.277. The van der Waals surface area contributed by atoms with Crippen LogP contribution in [-0.2, 0) is 19.4 Å². The average Bonchev–Trinajstić information content (AvgIpc) is 3.46. The summed E-state index contributed by atoms with van der Waals surface area (Å²) in [6.07, 6.45) is 6.76. The molecule has 0 spiro atoms. The molecule has 35 heavy (non-hydrogen) atoms. The number of ether oxygens (including phenoxy) is 1. The summed E-state index contributed by atoms with van der Waals surface area (Å²) in [5.74, 6) is 0.752. The molecule has 0 unspecified atom stereocenters. The summed E-state index contributed by atoms with van der Waals surface area (Å²) in [7, 11) is 1.63. The van der Waals surface area contributed by atoms with E-state index in [9.17, 15) is 4.79 Å². The minimum Gasteiger partial charge on any atom is -0.497 e. The number of fused-ring (bicyclic) bond motifs is 5. The summed E-state index contributed by atoms with van der Waals surface area (Å²) >= 11 is 8.30. The zero-order chi connectivity index (χ0) is 23.9. The van der Waals surface area contributed by atoms with Crippen molar-refractivity contribution in [2.24, 2.45) is 0 Å². The Kier molecular flexibility index (Phi) is 5.78. The molecule has 5 nitrogen and oxygen atoms in total. The van der Waals surface area contributed by atoms with Crippen LogP contribution in [0.25, 0.3) is 5.00 Å². The van der Waals surface area contributed by atoms with Crippen LogP contribution in [0, 0.1) is 0 Å². The molecule has 0 bridgehead atoms. The lowest BCUT2D eigenvalue weighted by Gasteiger charge is -2.31. The van der Waals surface area contributed by atoms with E-state index in [-0.39, 0.29) is 12.1 Å². The van der Waals surface area contributed by atoms with Crippen LogP contribution in [0.5, 0.6) is 5.75 Å². The highest BCUT2D eigenvalue weighted by molar-refractivity contribution is 7.15. The first-order valence-corrected chi connectivity index (χ1v) is 13.1. The number of hydrogen-bond donors (Lipinski definition) is 1. The Hall–Kier alpha value is -3.22. The summed E-state index contributed by atoms with van der Waals surface area (Å²) < 4.78 is 7.55. The van der Waals surface area contributed by atoms with E-state index in [1.54, 1.807) is 7.11 Å². The molecule has 2 amide bonds. The Balaban J connectivity index is 1.47. The molecule has 2 aromatic heterocycles. The van der Waals surface area contributed by atoms with E-state index in [2.05, 4.69) is 34.3 Å². The van der Waals surface area contributed by atoms with Crippen LogP contribution >= 0.6 is 22.9 Å². The number of aryl methyl sites for hydroxylation is 1. The summed E-state index contributed by atoms with van der Waals surface area (Å²) in [4.78, 5) is 17.3. The fourth-order valence-electron chi connectivity index (χ4n) is 5.28. The Bertz CT molecular complexity index is 1390. The van der Waals surface area contributed by atoms with Gasteiger partial charge in [0.1, 0.15) is 10.8 Å². The molecule has 3 heterocycles. The smallest absolute Gasteiger partial charge is 0.322 e. The highest BCUT2D eigenvalue weighted by Crippen LogP contribution is 2.44. The fraction of sp³-hybridized carbons (Fsp3) is 0.250. The first-order chi connectivity index (χ1) is 17.1. The molecule has 1 N–H and O–H groups in total. The summed E-state index contributed by atoms with van der Waals surface area (Å²) in [6.45, 7) is 0.544. The zero-order valence-corrected chi connectivity index (χ0v) is 21.0. The maximum Gasteiger partial charge on any atom is 0.322 e. The number of urea groups is 1. The van der Waals surface area contributed by atoms with Gasteiger partial charge < -0.3 is 19.5 Å². The van der Waals surface area contributed by atoms with E-state index in [0.717, 1.165) is 35.5 Å². The molecule has 0 radical (unpaired) electrons. The van der Waals surface area contributed by atoms with Gasteiger partial charge in [0.25, 0.3) is 0 Å². The molecule has 7 heteroatoms. The van der Waals surface area contributed by atoms with Crippen molar-refractivity contribution in [3.8, 4) is 10.8 Å². The van der Waals surface area contributed by atoms with Crippen molar-refractivity contribution >= 4 is 34.7 Å². The standard InChI is InChI=1S/C28H26ClN3O2S/c1-34-21-13-11-20(12-14-21)30-28(33)32-17-23-22-8-2-3-10-25(22)35-27(23)31-15-5-9-24(31)26(32)18-6-4-7-19(29)16-18/h4-7,9,11-16,26H,2-3,8,10,17H2,1H3,(H,30,33)/t26-/m1/s1. The van der Waals surface area contributed by atoms with E-state index >= 15 is 0 Å². The van der Waals surface area contributed by atoms with E-state index in [0.29, 0.717) is 11.6 Å². The fourth-order valence-corrected chi connectivity index (χ4v) is 6.89. The van der Waals surface area contributed by atoms with Gasteiger partial charge in [-0.25, -0.2) is 4.79 Å². The van der Waals surface area contributed by atoms with Gasteiger partial charge in [-0.05, 0) is 85.3 Å². The van der Waals surface area contributed by atoms with Gasteiger partial charge in [0.05, 0.1) is 25.4 Å². The second kappa shape index (κ2) is 9.10. The number of methoxy groups -OCH3 is 1. The van der Waals surface area contributed by atoms with Crippen LogP contribution in [0.4, 0.5) is 10.5 Å². The minimum absolute atomic E-state index is 0.142. The number of thiophene rings is 1. The Morgan fingerprint density at radius 1 is 1.06 bits per heavy atom. The predicted molar refractivity (Wildman–Crippen MR) is 141 cm³/mol. The second-order valence-electron chi connectivity index (χ2n) is 9.04. The topological polar surface area (TPSA) is 46.5 Å². The van der Waals surface area contributed by atoms with Crippen LogP contribution < -0.4 is 10.1 Å². The van der Waals surface area contributed by atoms with Crippen molar-refractivity contribution in [2.75, 3.05) is 12.4 Å². The van der Waals surface area contributed by atoms with Crippen LogP contribution in [-0.4, -0.2) is 22.6 Å². The third-order valence-corrected chi connectivity index (χ3v) is 8.51. The molecular formula is C28H26ClN3O2S. The summed E-state index contributed by atoms with van der Waals surface area (Å²) in [5, 5.41) is 5.02. The first kappa shape index (κ1) is 22.3. The van der Waals surface area contributed by atoms with Gasteiger partial charge in [0, 0.05) is 27.3 Å². The number of nitrogens with zero attached hydrogens (tertiary/aromatic N) is 2. The van der Waals surface area contributed by atoms with Gasteiger partial charge in [-0.1, -0.05) is 23.7 Å². The third kappa shape index (κ3) is 4.01. The van der Waals surface area contributed by atoms with Gasteiger partial charge >= 0.3 is 6.03 Å². The molecule has 178 valence electrons. The van der Waals surface area contributed by atoms with Gasteiger partial charge in [0.15, 0.2) is 0 Å². The lowest BCUT2D eigenvalue weighted by molar-refractivity contribution is 0.194. The molecule has 2 aromatic carbocycles. The van der Waals surface area contributed by atoms with Gasteiger partial charge in [-0.3, -0.25) is 0 Å².